The van der Waals surface area contributed by atoms with Crippen molar-refractivity contribution in [3.8, 4) is 0 Å². The second-order valence-electron chi connectivity index (χ2n) is 7.25. The standard InChI is InChI=1S/C20H26N4O5/c25-18-9-5-2-6-10-23(18)13-19(26)24-11-16(17(12-24)22-28)21-20(27)29-14-15-7-3-1-4-8-15/h1,3-4,7-8,16,28H,2,5-6,9-14H2,(H,21,27)/b22-17-. The molecule has 3 amide bonds. The van der Waals surface area contributed by atoms with E-state index in [2.05, 4.69) is 10.5 Å². The number of hydrogen-bond acceptors (Lipinski definition) is 6. The van der Waals surface area contributed by atoms with Gasteiger partial charge in [0.1, 0.15) is 12.3 Å². The summed E-state index contributed by atoms with van der Waals surface area (Å²) >= 11 is 0. The zero-order valence-corrected chi connectivity index (χ0v) is 16.2. The fourth-order valence-electron chi connectivity index (χ4n) is 3.49. The second kappa shape index (κ2) is 9.90. The normalized spacial score (nSPS) is 21.2. The van der Waals surface area contributed by atoms with Crippen molar-refractivity contribution < 1.29 is 24.3 Å². The Morgan fingerprint density at radius 1 is 1.21 bits per heavy atom. The molecule has 0 spiro atoms. The lowest BCUT2D eigenvalue weighted by molar-refractivity contribution is -0.139. The zero-order valence-electron chi connectivity index (χ0n) is 16.2. The number of oxime groups is 1. The first-order valence-corrected chi connectivity index (χ1v) is 9.80. The summed E-state index contributed by atoms with van der Waals surface area (Å²) in [7, 11) is 0. The van der Waals surface area contributed by atoms with Crippen LogP contribution in [-0.2, 0) is 20.9 Å². The van der Waals surface area contributed by atoms with E-state index < -0.39 is 12.1 Å². The fraction of sp³-hybridized carbons (Fsp3) is 0.500. The molecular weight excluding hydrogens is 376 g/mol. The molecule has 1 aromatic carbocycles. The molecule has 29 heavy (non-hydrogen) atoms. The van der Waals surface area contributed by atoms with Gasteiger partial charge in [0.15, 0.2) is 0 Å². The van der Waals surface area contributed by atoms with E-state index in [9.17, 15) is 19.6 Å². The first-order valence-electron chi connectivity index (χ1n) is 9.80. The van der Waals surface area contributed by atoms with Crippen LogP contribution in [0.4, 0.5) is 4.79 Å². The average molecular weight is 402 g/mol. The van der Waals surface area contributed by atoms with Crippen LogP contribution in [0.5, 0.6) is 0 Å². The van der Waals surface area contributed by atoms with Crippen LogP contribution in [0, 0.1) is 0 Å². The Balaban J connectivity index is 1.51. The van der Waals surface area contributed by atoms with Crippen molar-refractivity contribution in [3.05, 3.63) is 35.9 Å². The average Bonchev–Trinajstić information content (AvgIpc) is 3.03. The second-order valence-corrected chi connectivity index (χ2v) is 7.25. The molecule has 2 heterocycles. The van der Waals surface area contributed by atoms with Crippen molar-refractivity contribution in [2.75, 3.05) is 26.2 Å². The number of ether oxygens (including phenoxy) is 1. The van der Waals surface area contributed by atoms with Crippen molar-refractivity contribution in [2.45, 2.75) is 38.3 Å². The first-order chi connectivity index (χ1) is 14.1. The van der Waals surface area contributed by atoms with Gasteiger partial charge in [0.25, 0.3) is 0 Å². The summed E-state index contributed by atoms with van der Waals surface area (Å²) in [5.41, 5.74) is 1.13. The number of amides is 3. The number of rotatable bonds is 5. The summed E-state index contributed by atoms with van der Waals surface area (Å²) in [6, 6.07) is 8.62. The molecule has 1 aromatic rings. The lowest BCUT2D eigenvalue weighted by atomic mass is 10.2. The Labute approximate surface area is 169 Å². The predicted octanol–water partition coefficient (Wildman–Crippen LogP) is 1.36. The largest absolute Gasteiger partial charge is 0.445 e. The maximum absolute atomic E-state index is 12.6. The number of likely N-dealkylation sites (tertiary alicyclic amines) is 2. The van der Waals surface area contributed by atoms with E-state index in [1.807, 2.05) is 30.3 Å². The summed E-state index contributed by atoms with van der Waals surface area (Å²) in [6.07, 6.45) is 2.54. The third-order valence-electron chi connectivity index (χ3n) is 5.14. The molecule has 0 aliphatic carbocycles. The highest BCUT2D eigenvalue weighted by Crippen LogP contribution is 2.13. The van der Waals surface area contributed by atoms with Gasteiger partial charge in [-0.05, 0) is 18.4 Å². The third kappa shape index (κ3) is 5.69. The fourth-order valence-corrected chi connectivity index (χ4v) is 3.49. The topological polar surface area (TPSA) is 112 Å². The number of benzene rings is 1. The number of nitrogens with one attached hydrogen (secondary N) is 1. The number of carbonyl (C=O) groups excluding carboxylic acids is 3. The Bertz CT molecular complexity index is 767. The molecule has 3 rings (SSSR count). The minimum atomic E-state index is -0.656. The summed E-state index contributed by atoms with van der Waals surface area (Å²) in [6.45, 7) is 0.960. The predicted molar refractivity (Wildman–Crippen MR) is 104 cm³/mol. The maximum atomic E-state index is 12.6. The quantitative estimate of drug-likeness (QED) is 0.571. The smallest absolute Gasteiger partial charge is 0.408 e. The van der Waals surface area contributed by atoms with E-state index >= 15 is 0 Å². The van der Waals surface area contributed by atoms with Crippen LogP contribution in [0.15, 0.2) is 35.5 Å². The van der Waals surface area contributed by atoms with E-state index in [1.165, 1.54) is 4.90 Å². The van der Waals surface area contributed by atoms with E-state index in [1.54, 1.807) is 4.90 Å². The molecular formula is C20H26N4O5. The van der Waals surface area contributed by atoms with Crippen LogP contribution < -0.4 is 5.32 Å². The highest BCUT2D eigenvalue weighted by molar-refractivity contribution is 5.99. The van der Waals surface area contributed by atoms with Gasteiger partial charge < -0.3 is 25.1 Å². The number of carbonyl (C=O) groups is 3. The highest BCUT2D eigenvalue weighted by Gasteiger charge is 2.35. The van der Waals surface area contributed by atoms with Crippen molar-refractivity contribution in [3.63, 3.8) is 0 Å². The van der Waals surface area contributed by atoms with E-state index in [4.69, 9.17) is 4.74 Å². The van der Waals surface area contributed by atoms with Crippen LogP contribution in [0.1, 0.15) is 31.2 Å². The van der Waals surface area contributed by atoms with Crippen LogP contribution in [0.25, 0.3) is 0 Å². The zero-order chi connectivity index (χ0) is 20.6. The molecule has 9 nitrogen and oxygen atoms in total. The molecule has 2 N–H and O–H groups in total. The van der Waals surface area contributed by atoms with Gasteiger partial charge in [-0.1, -0.05) is 41.9 Å². The lowest BCUT2D eigenvalue weighted by Gasteiger charge is -2.23. The minimum absolute atomic E-state index is 0.00269. The summed E-state index contributed by atoms with van der Waals surface area (Å²) in [5, 5.41) is 15.1. The molecule has 1 unspecified atom stereocenters. The van der Waals surface area contributed by atoms with Crippen molar-refractivity contribution in [1.82, 2.24) is 15.1 Å². The van der Waals surface area contributed by atoms with Gasteiger partial charge in [-0.2, -0.15) is 0 Å². The Hall–Kier alpha value is -3.10. The lowest BCUT2D eigenvalue weighted by Crippen LogP contribution is -2.44. The van der Waals surface area contributed by atoms with Gasteiger partial charge in [-0.3, -0.25) is 9.59 Å². The van der Waals surface area contributed by atoms with Crippen LogP contribution in [-0.4, -0.2) is 70.8 Å². The molecule has 2 aliphatic rings. The van der Waals surface area contributed by atoms with Crippen LogP contribution >= 0.6 is 0 Å². The number of alkyl carbamates (subject to hydrolysis) is 1. The molecule has 156 valence electrons. The van der Waals surface area contributed by atoms with Gasteiger partial charge in [-0.15, -0.1) is 0 Å². The molecule has 0 aromatic heterocycles. The summed E-state index contributed by atoms with van der Waals surface area (Å²) in [4.78, 5) is 39.9. The SMILES string of the molecule is O=C(NC1CN(C(=O)CN2CCCCCC2=O)C/C1=N/O)OCc1ccccc1. The van der Waals surface area contributed by atoms with Crippen LogP contribution in [0.2, 0.25) is 0 Å². The van der Waals surface area contributed by atoms with Gasteiger partial charge in [0, 0.05) is 19.5 Å². The molecule has 2 aliphatic heterocycles. The van der Waals surface area contributed by atoms with Crippen molar-refractivity contribution >= 4 is 23.6 Å². The van der Waals surface area contributed by atoms with Crippen molar-refractivity contribution in [2.24, 2.45) is 5.16 Å². The minimum Gasteiger partial charge on any atom is -0.445 e. The van der Waals surface area contributed by atoms with Gasteiger partial charge in [0.05, 0.1) is 19.1 Å². The Kier molecular flexibility index (Phi) is 7.04. The molecule has 9 heteroatoms. The third-order valence-corrected chi connectivity index (χ3v) is 5.14. The summed E-state index contributed by atoms with van der Waals surface area (Å²) < 4.78 is 5.19. The summed E-state index contributed by atoms with van der Waals surface area (Å²) in [5.74, 6) is -0.242. The van der Waals surface area contributed by atoms with Crippen molar-refractivity contribution in [1.29, 1.82) is 0 Å². The molecule has 0 saturated carbocycles. The first kappa shape index (κ1) is 20.6. The monoisotopic (exact) mass is 402 g/mol. The molecule has 1 atom stereocenters. The van der Waals surface area contributed by atoms with E-state index in [0.29, 0.717) is 13.0 Å². The van der Waals surface area contributed by atoms with E-state index in [0.717, 1.165) is 24.8 Å². The molecule has 0 bridgehead atoms. The number of nitrogens with zero attached hydrogens (tertiary/aromatic N) is 3. The highest BCUT2D eigenvalue weighted by atomic mass is 16.5. The molecule has 2 saturated heterocycles. The Morgan fingerprint density at radius 2 is 2.00 bits per heavy atom. The molecule has 2 fully saturated rings. The van der Waals surface area contributed by atoms with Gasteiger partial charge in [-0.25, -0.2) is 4.79 Å². The number of hydrogen-bond donors (Lipinski definition) is 2. The Morgan fingerprint density at radius 3 is 2.76 bits per heavy atom. The maximum Gasteiger partial charge on any atom is 0.408 e. The van der Waals surface area contributed by atoms with Gasteiger partial charge >= 0.3 is 6.09 Å². The van der Waals surface area contributed by atoms with Gasteiger partial charge in [0.2, 0.25) is 11.8 Å². The molecule has 0 radical (unpaired) electrons. The van der Waals surface area contributed by atoms with Crippen LogP contribution in [0.3, 0.4) is 0 Å². The van der Waals surface area contributed by atoms with E-state index in [-0.39, 0.29) is 43.8 Å².